The Hall–Kier alpha value is -2.81. The van der Waals surface area contributed by atoms with Gasteiger partial charge in [0.05, 0.1) is 11.7 Å². The van der Waals surface area contributed by atoms with E-state index >= 15 is 0 Å². The van der Waals surface area contributed by atoms with Crippen molar-refractivity contribution in [3.63, 3.8) is 0 Å². The van der Waals surface area contributed by atoms with Crippen molar-refractivity contribution in [2.24, 2.45) is 0 Å². The van der Waals surface area contributed by atoms with Gasteiger partial charge >= 0.3 is 0 Å². The molecule has 0 atom stereocenters. The highest BCUT2D eigenvalue weighted by molar-refractivity contribution is 7.00. The van der Waals surface area contributed by atoms with Crippen molar-refractivity contribution in [1.82, 2.24) is 23.8 Å². The van der Waals surface area contributed by atoms with Crippen LogP contribution in [0.15, 0.2) is 30.3 Å². The van der Waals surface area contributed by atoms with Crippen molar-refractivity contribution in [1.29, 1.82) is 0 Å². The maximum Gasteiger partial charge on any atom is 0.254 e. The Kier molecular flexibility index (Phi) is 4.52. The van der Waals surface area contributed by atoms with Gasteiger partial charge in [-0.15, -0.1) is 10.2 Å². The predicted octanol–water partition coefficient (Wildman–Crippen LogP) is 2.04. The second kappa shape index (κ2) is 7.31. The molecule has 28 heavy (non-hydrogen) atoms. The van der Waals surface area contributed by atoms with Crippen molar-refractivity contribution in [2.75, 3.05) is 49.1 Å². The summed E-state index contributed by atoms with van der Waals surface area (Å²) in [6.07, 6.45) is 2.46. The van der Waals surface area contributed by atoms with Crippen molar-refractivity contribution in [2.45, 2.75) is 12.8 Å². The van der Waals surface area contributed by atoms with E-state index < -0.39 is 0 Å². The van der Waals surface area contributed by atoms with E-state index in [1.165, 1.54) is 24.6 Å². The predicted molar refractivity (Wildman–Crippen MR) is 109 cm³/mol. The van der Waals surface area contributed by atoms with E-state index in [1.54, 1.807) is 0 Å². The van der Waals surface area contributed by atoms with Crippen LogP contribution in [0.4, 0.5) is 11.6 Å². The number of aromatic nitrogens is 4. The Morgan fingerprint density at radius 1 is 0.786 bits per heavy atom. The number of hydrogen-bond acceptors (Lipinski definition) is 8. The summed E-state index contributed by atoms with van der Waals surface area (Å²) in [5.74, 6) is 1.89. The zero-order chi connectivity index (χ0) is 18.9. The molecule has 2 fully saturated rings. The fraction of sp³-hybridized carbons (Fsp3) is 0.421. The number of hydrogen-bond donors (Lipinski definition) is 0. The molecule has 0 radical (unpaired) electrons. The molecule has 144 valence electrons. The summed E-state index contributed by atoms with van der Waals surface area (Å²) < 4.78 is 8.42. The number of carbonyl (C=O) groups is 1. The molecule has 0 bridgehead atoms. The molecule has 4 heterocycles. The van der Waals surface area contributed by atoms with E-state index in [0.717, 1.165) is 48.8 Å². The highest BCUT2D eigenvalue weighted by Crippen LogP contribution is 2.21. The van der Waals surface area contributed by atoms with E-state index in [4.69, 9.17) is 0 Å². The molecule has 8 nitrogen and oxygen atoms in total. The van der Waals surface area contributed by atoms with Crippen molar-refractivity contribution < 1.29 is 4.79 Å². The molecule has 2 aliphatic heterocycles. The van der Waals surface area contributed by atoms with Gasteiger partial charge in [-0.3, -0.25) is 4.79 Å². The van der Waals surface area contributed by atoms with Crippen LogP contribution in [0, 0.1) is 0 Å². The van der Waals surface area contributed by atoms with Crippen LogP contribution in [0.2, 0.25) is 0 Å². The van der Waals surface area contributed by atoms with Crippen LogP contribution in [-0.2, 0) is 0 Å². The van der Waals surface area contributed by atoms with Crippen LogP contribution >= 0.6 is 11.7 Å². The highest BCUT2D eigenvalue weighted by Gasteiger charge is 2.24. The summed E-state index contributed by atoms with van der Waals surface area (Å²) in [7, 11) is 0. The molecule has 5 rings (SSSR count). The van der Waals surface area contributed by atoms with Gasteiger partial charge in [-0.1, -0.05) is 0 Å². The lowest BCUT2D eigenvalue weighted by Crippen LogP contribution is -2.49. The number of anilines is 2. The normalized spacial score (nSPS) is 17.5. The van der Waals surface area contributed by atoms with E-state index in [-0.39, 0.29) is 5.91 Å². The first-order chi connectivity index (χ1) is 13.8. The molecule has 9 heteroatoms. The van der Waals surface area contributed by atoms with Gasteiger partial charge in [-0.2, -0.15) is 8.75 Å². The topological polar surface area (TPSA) is 78.4 Å². The lowest BCUT2D eigenvalue weighted by molar-refractivity contribution is 0.0746. The second-order valence-electron chi connectivity index (χ2n) is 7.19. The lowest BCUT2D eigenvalue weighted by Gasteiger charge is -2.35. The zero-order valence-electron chi connectivity index (χ0n) is 15.5. The molecular weight excluding hydrogens is 374 g/mol. The standard InChI is InChI=1S/C19H21N7OS/c27-19(14-3-4-15-16(13-14)23-28-22-15)26-11-9-25(10-12-26)18-6-5-17(20-21-18)24-7-1-2-8-24/h3-6,13H,1-2,7-12H2. The number of rotatable bonds is 3. The summed E-state index contributed by atoms with van der Waals surface area (Å²) in [5, 5.41) is 8.82. The molecular formula is C19H21N7OS. The zero-order valence-corrected chi connectivity index (χ0v) is 16.3. The summed E-state index contributed by atoms with van der Waals surface area (Å²) >= 11 is 1.17. The van der Waals surface area contributed by atoms with Gasteiger partial charge in [0.25, 0.3) is 5.91 Å². The van der Waals surface area contributed by atoms with E-state index in [2.05, 4.69) is 34.8 Å². The molecule has 1 aromatic carbocycles. The van der Waals surface area contributed by atoms with Crippen LogP contribution in [0.25, 0.3) is 11.0 Å². The summed E-state index contributed by atoms with van der Waals surface area (Å²) in [4.78, 5) is 19.2. The lowest BCUT2D eigenvalue weighted by atomic mass is 10.1. The average Bonchev–Trinajstić information content (AvgIpc) is 3.45. The molecule has 0 saturated carbocycles. The minimum atomic E-state index is 0.0463. The fourth-order valence-corrected chi connectivity index (χ4v) is 4.36. The first kappa shape index (κ1) is 17.3. The largest absolute Gasteiger partial charge is 0.355 e. The summed E-state index contributed by atoms with van der Waals surface area (Å²) in [6.45, 7) is 4.98. The smallest absolute Gasteiger partial charge is 0.254 e. The molecule has 0 aliphatic carbocycles. The van der Waals surface area contributed by atoms with Crippen LogP contribution in [0.3, 0.4) is 0 Å². The van der Waals surface area contributed by atoms with Gasteiger partial charge in [0.15, 0.2) is 11.6 Å². The van der Waals surface area contributed by atoms with Crippen molar-refractivity contribution in [3.05, 3.63) is 35.9 Å². The quantitative estimate of drug-likeness (QED) is 0.671. The number of amides is 1. The maximum absolute atomic E-state index is 12.8. The Bertz CT molecular complexity index is 975. The van der Waals surface area contributed by atoms with Crippen molar-refractivity contribution >= 4 is 40.3 Å². The number of benzene rings is 1. The Morgan fingerprint density at radius 2 is 1.43 bits per heavy atom. The second-order valence-corrected chi connectivity index (χ2v) is 7.72. The van der Waals surface area contributed by atoms with Gasteiger partial charge in [0, 0.05) is 44.8 Å². The van der Waals surface area contributed by atoms with Crippen LogP contribution in [0.5, 0.6) is 0 Å². The van der Waals surface area contributed by atoms with E-state index in [0.29, 0.717) is 18.7 Å². The molecule has 1 amide bonds. The third kappa shape index (κ3) is 3.26. The number of piperazine rings is 1. The average molecular weight is 395 g/mol. The van der Waals surface area contributed by atoms with Crippen LogP contribution < -0.4 is 9.80 Å². The summed E-state index contributed by atoms with van der Waals surface area (Å²) in [5.41, 5.74) is 2.29. The van der Waals surface area contributed by atoms with E-state index in [9.17, 15) is 4.79 Å². The Morgan fingerprint density at radius 3 is 2.11 bits per heavy atom. The molecule has 0 spiro atoms. The molecule has 2 saturated heterocycles. The summed E-state index contributed by atoms with van der Waals surface area (Å²) in [6, 6.07) is 9.63. The first-order valence-electron chi connectivity index (χ1n) is 9.63. The number of nitrogens with zero attached hydrogens (tertiary/aromatic N) is 7. The maximum atomic E-state index is 12.8. The van der Waals surface area contributed by atoms with Gasteiger partial charge in [0.2, 0.25) is 0 Å². The molecule has 0 unspecified atom stereocenters. The molecule has 2 aromatic heterocycles. The fourth-order valence-electron chi connectivity index (χ4n) is 3.84. The molecule has 0 N–H and O–H groups in total. The molecule has 3 aromatic rings. The minimum absolute atomic E-state index is 0.0463. The van der Waals surface area contributed by atoms with Crippen LogP contribution in [-0.4, -0.2) is 69.0 Å². The highest BCUT2D eigenvalue weighted by atomic mass is 32.1. The van der Waals surface area contributed by atoms with Gasteiger partial charge in [-0.25, -0.2) is 0 Å². The monoisotopic (exact) mass is 395 g/mol. The van der Waals surface area contributed by atoms with Crippen LogP contribution in [0.1, 0.15) is 23.2 Å². The minimum Gasteiger partial charge on any atom is -0.355 e. The Balaban J connectivity index is 1.22. The first-order valence-corrected chi connectivity index (χ1v) is 10.4. The SMILES string of the molecule is O=C(c1ccc2nsnc2c1)N1CCN(c2ccc(N3CCCC3)nn2)CC1. The van der Waals surface area contributed by atoms with Crippen molar-refractivity contribution in [3.8, 4) is 0 Å². The van der Waals surface area contributed by atoms with Gasteiger partial charge in [-0.05, 0) is 43.2 Å². The number of carbonyl (C=O) groups excluding carboxylic acids is 1. The van der Waals surface area contributed by atoms with Gasteiger partial charge < -0.3 is 14.7 Å². The third-order valence-electron chi connectivity index (χ3n) is 5.46. The third-order valence-corrected chi connectivity index (χ3v) is 6.01. The van der Waals surface area contributed by atoms with Gasteiger partial charge in [0.1, 0.15) is 11.0 Å². The Labute approximate surface area is 167 Å². The number of fused-ring (bicyclic) bond motifs is 1. The molecule has 2 aliphatic rings. The van der Waals surface area contributed by atoms with E-state index in [1.807, 2.05) is 29.2 Å².